The summed E-state index contributed by atoms with van der Waals surface area (Å²) < 4.78 is 16.8. The van der Waals surface area contributed by atoms with E-state index in [0.717, 1.165) is 51.6 Å². The maximum absolute atomic E-state index is 5.76. The van der Waals surface area contributed by atoms with Crippen molar-refractivity contribution in [1.29, 1.82) is 0 Å². The molecule has 26 heavy (non-hydrogen) atoms. The van der Waals surface area contributed by atoms with Crippen molar-refractivity contribution in [3.05, 3.63) is 48.0 Å². The minimum Gasteiger partial charge on any atom is -0.494 e. The number of nitrogens with one attached hydrogen (secondary N) is 1. The second-order valence-corrected chi connectivity index (χ2v) is 6.72. The van der Waals surface area contributed by atoms with Crippen LogP contribution in [-0.2, 0) is 0 Å². The second kappa shape index (κ2) is 7.70. The van der Waals surface area contributed by atoms with Crippen LogP contribution in [0.4, 0.5) is 5.69 Å². The third kappa shape index (κ3) is 3.62. The normalized spacial score (nSPS) is 17.9. The van der Waals surface area contributed by atoms with Crippen molar-refractivity contribution in [2.24, 2.45) is 10.1 Å². The van der Waals surface area contributed by atoms with Crippen molar-refractivity contribution in [1.82, 2.24) is 5.43 Å². The smallest absolute Gasteiger partial charge is 0.182 e. The molecule has 0 atom stereocenters. The van der Waals surface area contributed by atoms with Crippen LogP contribution in [0.1, 0.15) is 12.0 Å². The minimum atomic E-state index is 0.672. The van der Waals surface area contributed by atoms with E-state index in [1.165, 1.54) is 0 Å². The number of hydrazone groups is 1. The van der Waals surface area contributed by atoms with Gasteiger partial charge in [0, 0.05) is 17.7 Å². The Morgan fingerprint density at radius 2 is 1.96 bits per heavy atom. The van der Waals surface area contributed by atoms with Gasteiger partial charge >= 0.3 is 0 Å². The van der Waals surface area contributed by atoms with Crippen LogP contribution < -0.4 is 19.6 Å². The predicted octanol–water partition coefficient (Wildman–Crippen LogP) is 3.58. The molecule has 2 heterocycles. The van der Waals surface area contributed by atoms with E-state index >= 15 is 0 Å². The molecule has 2 aliphatic heterocycles. The molecule has 0 saturated heterocycles. The quantitative estimate of drug-likeness (QED) is 0.896. The van der Waals surface area contributed by atoms with E-state index in [4.69, 9.17) is 14.2 Å². The lowest BCUT2D eigenvalue weighted by Gasteiger charge is -2.16. The second-order valence-electron chi connectivity index (χ2n) is 5.76. The zero-order valence-electron chi connectivity index (χ0n) is 14.4. The van der Waals surface area contributed by atoms with E-state index in [1.807, 2.05) is 42.5 Å². The average Bonchev–Trinajstić information content (AvgIpc) is 2.94. The number of thioether (sulfide) groups is 1. The molecule has 0 bridgehead atoms. The van der Waals surface area contributed by atoms with E-state index in [0.29, 0.717) is 13.2 Å². The molecule has 1 N–H and O–H groups in total. The lowest BCUT2D eigenvalue weighted by molar-refractivity contribution is 0.297. The van der Waals surface area contributed by atoms with Crippen LogP contribution in [-0.4, -0.2) is 37.0 Å². The number of fused-ring (bicyclic) bond motifs is 1. The Balaban J connectivity index is 1.53. The highest BCUT2D eigenvalue weighted by molar-refractivity contribution is 8.14. The number of methoxy groups -OCH3 is 1. The molecule has 6 nitrogen and oxygen atoms in total. The van der Waals surface area contributed by atoms with Gasteiger partial charge in [0.15, 0.2) is 16.7 Å². The number of aliphatic imine (C=N–C) groups is 1. The first kappa shape index (κ1) is 16.8. The molecule has 2 aromatic rings. The Morgan fingerprint density at radius 1 is 1.12 bits per heavy atom. The molecule has 134 valence electrons. The molecule has 0 spiro atoms. The topological polar surface area (TPSA) is 64.4 Å². The van der Waals surface area contributed by atoms with E-state index in [-0.39, 0.29) is 0 Å². The van der Waals surface area contributed by atoms with Crippen molar-refractivity contribution >= 4 is 28.3 Å². The third-order valence-electron chi connectivity index (χ3n) is 4.02. The number of ether oxygens (including phenoxy) is 3. The van der Waals surface area contributed by atoms with Gasteiger partial charge in [0.2, 0.25) is 0 Å². The highest BCUT2D eigenvalue weighted by Crippen LogP contribution is 2.32. The van der Waals surface area contributed by atoms with Crippen molar-refractivity contribution in [2.75, 3.05) is 26.1 Å². The van der Waals surface area contributed by atoms with Crippen LogP contribution in [0.5, 0.6) is 17.2 Å². The van der Waals surface area contributed by atoms with E-state index < -0.39 is 0 Å². The van der Waals surface area contributed by atoms with Crippen LogP contribution in [0.3, 0.4) is 0 Å². The van der Waals surface area contributed by atoms with Gasteiger partial charge in [-0.1, -0.05) is 23.9 Å². The first-order valence-electron chi connectivity index (χ1n) is 8.40. The standard InChI is InChI=1S/C19H19N3O3S/c1-23-16-6-3-2-5-14(16)20-19-22-21-15(12-26-19)13-7-8-17-18(11-13)25-10-4-9-24-17/h2-3,5-8,11H,4,9-10,12H2,1H3,(H,20,22). The monoisotopic (exact) mass is 369 g/mol. The van der Waals surface area contributed by atoms with Gasteiger partial charge in [0.25, 0.3) is 0 Å². The Bertz CT molecular complexity index is 867. The van der Waals surface area contributed by atoms with Crippen LogP contribution in [0.15, 0.2) is 52.6 Å². The number of nitrogens with zero attached hydrogens (tertiary/aromatic N) is 2. The van der Waals surface area contributed by atoms with Gasteiger partial charge < -0.3 is 14.2 Å². The summed E-state index contributed by atoms with van der Waals surface area (Å²) in [6, 6.07) is 13.6. The summed E-state index contributed by atoms with van der Waals surface area (Å²) in [4.78, 5) is 4.59. The molecule has 0 aromatic heterocycles. The lowest BCUT2D eigenvalue weighted by atomic mass is 10.1. The largest absolute Gasteiger partial charge is 0.494 e. The first-order chi connectivity index (χ1) is 12.8. The average molecular weight is 369 g/mol. The molecule has 0 fully saturated rings. The van der Waals surface area contributed by atoms with Gasteiger partial charge in [-0.25, -0.2) is 4.99 Å². The Morgan fingerprint density at radius 3 is 2.77 bits per heavy atom. The number of amidine groups is 1. The molecule has 4 rings (SSSR count). The zero-order chi connectivity index (χ0) is 17.8. The van der Waals surface area contributed by atoms with Gasteiger partial charge in [-0.3, -0.25) is 5.43 Å². The highest BCUT2D eigenvalue weighted by atomic mass is 32.2. The summed E-state index contributed by atoms with van der Waals surface area (Å²) in [7, 11) is 1.64. The number of rotatable bonds is 3. The van der Waals surface area contributed by atoms with E-state index in [1.54, 1.807) is 18.9 Å². The molecule has 0 aliphatic carbocycles. The van der Waals surface area contributed by atoms with Crippen LogP contribution in [0.2, 0.25) is 0 Å². The summed E-state index contributed by atoms with van der Waals surface area (Å²) in [6.07, 6.45) is 0.894. The Hall–Kier alpha value is -2.67. The van der Waals surface area contributed by atoms with E-state index in [2.05, 4.69) is 15.5 Å². The number of para-hydroxylation sites is 2. The Kier molecular flexibility index (Phi) is 4.97. The molecule has 0 radical (unpaired) electrons. The van der Waals surface area contributed by atoms with Crippen molar-refractivity contribution < 1.29 is 14.2 Å². The van der Waals surface area contributed by atoms with Gasteiger partial charge in [-0.15, -0.1) is 0 Å². The number of hydrogen-bond donors (Lipinski definition) is 1. The minimum absolute atomic E-state index is 0.672. The summed E-state index contributed by atoms with van der Waals surface area (Å²) in [5, 5.41) is 5.23. The van der Waals surface area contributed by atoms with Crippen molar-refractivity contribution in [2.45, 2.75) is 6.42 Å². The predicted molar refractivity (Wildman–Crippen MR) is 104 cm³/mol. The fraction of sp³-hybridized carbons (Fsp3) is 0.263. The number of benzene rings is 2. The fourth-order valence-electron chi connectivity index (χ4n) is 2.70. The third-order valence-corrected chi connectivity index (χ3v) is 4.89. The maximum atomic E-state index is 5.76. The molecule has 0 saturated carbocycles. The zero-order valence-corrected chi connectivity index (χ0v) is 15.2. The lowest BCUT2D eigenvalue weighted by Crippen LogP contribution is -2.25. The van der Waals surface area contributed by atoms with Gasteiger partial charge in [-0.05, 0) is 30.3 Å². The SMILES string of the molecule is COc1ccccc1N=C1NN=C(c2ccc3c(c2)OCCCO3)CS1. The summed E-state index contributed by atoms with van der Waals surface area (Å²) in [6.45, 7) is 1.36. The molecular formula is C19H19N3O3S. The van der Waals surface area contributed by atoms with Crippen molar-refractivity contribution in [3.63, 3.8) is 0 Å². The van der Waals surface area contributed by atoms with Crippen LogP contribution in [0, 0.1) is 0 Å². The molecule has 0 unspecified atom stereocenters. The summed E-state index contributed by atoms with van der Waals surface area (Å²) in [5.41, 5.74) is 5.78. The number of hydrogen-bond acceptors (Lipinski definition) is 6. The van der Waals surface area contributed by atoms with Crippen molar-refractivity contribution in [3.8, 4) is 17.2 Å². The highest BCUT2D eigenvalue weighted by Gasteiger charge is 2.17. The molecule has 7 heteroatoms. The van der Waals surface area contributed by atoms with Gasteiger partial charge in [0.1, 0.15) is 11.4 Å². The molecule has 0 amide bonds. The summed E-state index contributed by atoms with van der Waals surface area (Å²) in [5.74, 6) is 3.03. The van der Waals surface area contributed by atoms with Gasteiger partial charge in [0.05, 0.1) is 26.0 Å². The Labute approximate surface area is 156 Å². The fourth-order valence-corrected chi connectivity index (χ4v) is 3.47. The van der Waals surface area contributed by atoms with E-state index in [9.17, 15) is 0 Å². The summed E-state index contributed by atoms with van der Waals surface area (Å²) >= 11 is 1.60. The molecule has 2 aliphatic rings. The maximum Gasteiger partial charge on any atom is 0.182 e. The molecular weight excluding hydrogens is 350 g/mol. The molecule has 2 aromatic carbocycles. The van der Waals surface area contributed by atoms with Gasteiger partial charge in [-0.2, -0.15) is 5.10 Å². The van der Waals surface area contributed by atoms with Crippen LogP contribution >= 0.6 is 11.8 Å². The first-order valence-corrected chi connectivity index (χ1v) is 9.39. The van der Waals surface area contributed by atoms with Crippen LogP contribution in [0.25, 0.3) is 0 Å².